The molecule has 0 radical (unpaired) electrons. The molecule has 0 spiro atoms. The number of urea groups is 1. The number of rotatable bonds is 4. The Kier molecular flexibility index (Phi) is 5.71. The van der Waals surface area contributed by atoms with Crippen molar-refractivity contribution >= 4 is 17.5 Å². The molecular formula is C20H27N5O. The van der Waals surface area contributed by atoms with E-state index in [1.54, 1.807) is 0 Å². The molecule has 0 saturated carbocycles. The molecule has 2 aromatic rings. The number of nitrogens with one attached hydrogen (secondary N) is 2. The highest BCUT2D eigenvalue weighted by atomic mass is 16.2. The average molecular weight is 353 g/mol. The molecule has 0 aliphatic carbocycles. The van der Waals surface area contributed by atoms with Gasteiger partial charge in [-0.15, -0.1) is 0 Å². The highest BCUT2D eigenvalue weighted by Crippen LogP contribution is 2.18. The summed E-state index contributed by atoms with van der Waals surface area (Å²) < 4.78 is 0. The van der Waals surface area contributed by atoms with Crippen LogP contribution in [0.3, 0.4) is 0 Å². The zero-order valence-electron chi connectivity index (χ0n) is 15.8. The molecule has 1 aliphatic heterocycles. The molecule has 6 heteroatoms. The lowest BCUT2D eigenvalue weighted by Crippen LogP contribution is -2.32. The second-order valence-electron chi connectivity index (χ2n) is 7.02. The van der Waals surface area contributed by atoms with E-state index in [9.17, 15) is 4.79 Å². The summed E-state index contributed by atoms with van der Waals surface area (Å²) in [4.78, 5) is 23.6. The molecular weight excluding hydrogens is 326 g/mol. The van der Waals surface area contributed by atoms with Crippen molar-refractivity contribution < 1.29 is 4.79 Å². The number of carbonyl (C=O) groups is 1. The summed E-state index contributed by atoms with van der Waals surface area (Å²) >= 11 is 0. The van der Waals surface area contributed by atoms with Crippen LogP contribution < -0.4 is 15.5 Å². The predicted molar refractivity (Wildman–Crippen MR) is 105 cm³/mol. The summed E-state index contributed by atoms with van der Waals surface area (Å²) in [5.74, 6) is 1.60. The Morgan fingerprint density at radius 2 is 1.69 bits per heavy atom. The van der Waals surface area contributed by atoms with Crippen LogP contribution in [0.15, 0.2) is 24.3 Å². The van der Waals surface area contributed by atoms with Crippen LogP contribution in [-0.4, -0.2) is 29.1 Å². The fraction of sp³-hybridized carbons (Fsp3) is 0.450. The van der Waals surface area contributed by atoms with Gasteiger partial charge in [-0.2, -0.15) is 0 Å². The van der Waals surface area contributed by atoms with Crippen molar-refractivity contribution in [2.75, 3.05) is 23.3 Å². The highest BCUT2D eigenvalue weighted by molar-refractivity contribution is 5.89. The Morgan fingerprint density at radius 3 is 2.38 bits per heavy atom. The normalized spacial score (nSPS) is 14.2. The second kappa shape index (κ2) is 8.17. The van der Waals surface area contributed by atoms with Crippen LogP contribution in [-0.2, 0) is 6.54 Å². The van der Waals surface area contributed by atoms with Crippen LogP contribution in [0.2, 0.25) is 0 Å². The molecule has 2 N–H and O–H groups in total. The van der Waals surface area contributed by atoms with Gasteiger partial charge in [0.1, 0.15) is 11.6 Å². The van der Waals surface area contributed by atoms with Gasteiger partial charge in [-0.25, -0.2) is 14.8 Å². The Labute approximate surface area is 155 Å². The summed E-state index contributed by atoms with van der Waals surface area (Å²) in [6.45, 7) is 8.37. The van der Waals surface area contributed by atoms with Crippen LogP contribution in [0.4, 0.5) is 16.3 Å². The molecule has 0 bridgehead atoms. The lowest BCUT2D eigenvalue weighted by molar-refractivity contribution is 0.251. The number of aromatic nitrogens is 2. The number of benzene rings is 1. The summed E-state index contributed by atoms with van der Waals surface area (Å²) in [6.07, 6.45) is 3.69. The van der Waals surface area contributed by atoms with E-state index in [1.165, 1.54) is 19.3 Å². The largest absolute Gasteiger partial charge is 0.357 e. The smallest absolute Gasteiger partial charge is 0.319 e. The van der Waals surface area contributed by atoms with Crippen LogP contribution >= 0.6 is 0 Å². The number of nitrogens with zero attached hydrogens (tertiary/aromatic N) is 3. The van der Waals surface area contributed by atoms with Gasteiger partial charge in [0.15, 0.2) is 0 Å². The fourth-order valence-electron chi connectivity index (χ4n) is 3.36. The van der Waals surface area contributed by atoms with Gasteiger partial charge in [-0.05, 0) is 63.3 Å². The number of amides is 2. The minimum atomic E-state index is -0.250. The first-order chi connectivity index (χ1) is 12.5. The first kappa shape index (κ1) is 18.2. The molecule has 1 saturated heterocycles. The molecule has 2 amide bonds. The van der Waals surface area contributed by atoms with Crippen molar-refractivity contribution in [1.82, 2.24) is 15.3 Å². The topological polar surface area (TPSA) is 70.2 Å². The molecule has 1 aromatic heterocycles. The Morgan fingerprint density at radius 1 is 1.00 bits per heavy atom. The van der Waals surface area contributed by atoms with E-state index < -0.39 is 0 Å². The lowest BCUT2D eigenvalue weighted by Gasteiger charge is -2.28. The minimum absolute atomic E-state index is 0.250. The maximum atomic E-state index is 12.2. The zero-order valence-corrected chi connectivity index (χ0v) is 15.8. The molecule has 2 heterocycles. The maximum Gasteiger partial charge on any atom is 0.319 e. The fourth-order valence-corrected chi connectivity index (χ4v) is 3.36. The summed E-state index contributed by atoms with van der Waals surface area (Å²) in [7, 11) is 0. The van der Waals surface area contributed by atoms with Gasteiger partial charge >= 0.3 is 6.03 Å². The first-order valence-electron chi connectivity index (χ1n) is 9.22. The van der Waals surface area contributed by atoms with Gasteiger partial charge < -0.3 is 15.5 Å². The van der Waals surface area contributed by atoms with Gasteiger partial charge in [-0.1, -0.05) is 6.07 Å². The number of carbonyl (C=O) groups excluding carboxylic acids is 1. The van der Waals surface area contributed by atoms with Gasteiger partial charge in [0.05, 0.1) is 6.54 Å². The van der Waals surface area contributed by atoms with Crippen molar-refractivity contribution in [3.8, 4) is 0 Å². The van der Waals surface area contributed by atoms with Gasteiger partial charge in [0.2, 0.25) is 0 Å². The summed E-state index contributed by atoms with van der Waals surface area (Å²) in [6, 6.07) is 7.74. The molecule has 3 rings (SSSR count). The van der Waals surface area contributed by atoms with Crippen LogP contribution in [0.5, 0.6) is 0 Å². The summed E-state index contributed by atoms with van der Waals surface area (Å²) in [5.41, 5.74) is 3.95. The van der Waals surface area contributed by atoms with Gasteiger partial charge in [0, 0.05) is 30.5 Å². The molecule has 0 unspecified atom stereocenters. The standard InChI is InChI=1S/C20H27N5O/c1-14-9-15(2)11-17(10-14)23-20(26)21-13-18-22-16(3)12-19(24-18)25-7-5-4-6-8-25/h9-12H,4-8,13H2,1-3H3,(H2,21,23,26). The van der Waals surface area contributed by atoms with E-state index in [0.29, 0.717) is 12.4 Å². The number of anilines is 2. The third-order valence-corrected chi connectivity index (χ3v) is 4.45. The van der Waals surface area contributed by atoms with Crippen molar-refractivity contribution in [3.05, 3.63) is 46.9 Å². The zero-order chi connectivity index (χ0) is 18.5. The van der Waals surface area contributed by atoms with E-state index >= 15 is 0 Å². The van der Waals surface area contributed by atoms with E-state index in [-0.39, 0.29) is 6.03 Å². The number of hydrogen-bond acceptors (Lipinski definition) is 4. The van der Waals surface area contributed by atoms with E-state index in [1.807, 2.05) is 39.0 Å². The number of hydrogen-bond donors (Lipinski definition) is 2. The Bertz CT molecular complexity index is 764. The highest BCUT2D eigenvalue weighted by Gasteiger charge is 2.14. The maximum absolute atomic E-state index is 12.2. The summed E-state index contributed by atoms with van der Waals surface area (Å²) in [5, 5.41) is 5.72. The molecule has 26 heavy (non-hydrogen) atoms. The molecule has 1 aromatic carbocycles. The lowest BCUT2D eigenvalue weighted by atomic mass is 10.1. The van der Waals surface area contributed by atoms with Crippen LogP contribution in [0.1, 0.15) is 41.9 Å². The number of piperidine rings is 1. The van der Waals surface area contributed by atoms with E-state index in [4.69, 9.17) is 0 Å². The van der Waals surface area contributed by atoms with Crippen molar-refractivity contribution in [3.63, 3.8) is 0 Å². The molecule has 0 atom stereocenters. The molecule has 1 fully saturated rings. The molecule has 1 aliphatic rings. The second-order valence-corrected chi connectivity index (χ2v) is 7.02. The number of aryl methyl sites for hydroxylation is 3. The van der Waals surface area contributed by atoms with E-state index in [2.05, 4.69) is 31.6 Å². The molecule has 138 valence electrons. The Hall–Kier alpha value is -2.63. The van der Waals surface area contributed by atoms with E-state index in [0.717, 1.165) is 41.4 Å². The third kappa shape index (κ3) is 4.94. The quantitative estimate of drug-likeness (QED) is 0.879. The van der Waals surface area contributed by atoms with Gasteiger partial charge in [-0.3, -0.25) is 0 Å². The van der Waals surface area contributed by atoms with Crippen molar-refractivity contribution in [2.45, 2.75) is 46.6 Å². The van der Waals surface area contributed by atoms with Crippen LogP contribution in [0, 0.1) is 20.8 Å². The van der Waals surface area contributed by atoms with Crippen LogP contribution in [0.25, 0.3) is 0 Å². The first-order valence-corrected chi connectivity index (χ1v) is 9.22. The third-order valence-electron chi connectivity index (χ3n) is 4.45. The average Bonchev–Trinajstić information content (AvgIpc) is 2.59. The Balaban J connectivity index is 1.61. The predicted octanol–water partition coefficient (Wildman–Crippen LogP) is 3.71. The molecule has 6 nitrogen and oxygen atoms in total. The van der Waals surface area contributed by atoms with Crippen molar-refractivity contribution in [1.29, 1.82) is 0 Å². The monoisotopic (exact) mass is 353 g/mol. The SMILES string of the molecule is Cc1cc(C)cc(NC(=O)NCc2nc(C)cc(N3CCCCC3)n2)c1. The van der Waals surface area contributed by atoms with Crippen molar-refractivity contribution in [2.24, 2.45) is 0 Å². The minimum Gasteiger partial charge on any atom is -0.357 e. The van der Waals surface area contributed by atoms with Gasteiger partial charge in [0.25, 0.3) is 0 Å².